The zero-order valence-corrected chi connectivity index (χ0v) is 14.7. The Morgan fingerprint density at radius 3 is 2.74 bits per heavy atom. The van der Waals surface area contributed by atoms with Crippen LogP contribution in [0.3, 0.4) is 0 Å². The average molecular weight is 342 g/mol. The van der Waals surface area contributed by atoms with Gasteiger partial charge in [0.05, 0.1) is 5.92 Å². The monoisotopic (exact) mass is 342 g/mol. The van der Waals surface area contributed by atoms with E-state index in [0.29, 0.717) is 31.7 Å². The number of aliphatic carboxylic acids is 1. The first kappa shape index (κ1) is 18.1. The van der Waals surface area contributed by atoms with E-state index in [1.807, 2.05) is 13.8 Å². The van der Waals surface area contributed by atoms with Crippen LogP contribution in [0.5, 0.6) is 0 Å². The van der Waals surface area contributed by atoms with Crippen molar-refractivity contribution in [3.8, 4) is 0 Å². The molecule has 0 saturated carbocycles. The van der Waals surface area contributed by atoms with Gasteiger partial charge in [-0.25, -0.2) is 4.79 Å². The number of hydrogen-bond donors (Lipinski definition) is 2. The van der Waals surface area contributed by atoms with E-state index in [-0.39, 0.29) is 23.7 Å². The van der Waals surface area contributed by atoms with Gasteiger partial charge in [0.15, 0.2) is 0 Å². The summed E-state index contributed by atoms with van der Waals surface area (Å²) in [4.78, 5) is 38.2. The molecule has 0 aromatic heterocycles. The van der Waals surface area contributed by atoms with Crippen LogP contribution in [0, 0.1) is 11.8 Å². The highest BCUT2D eigenvalue weighted by Gasteiger charge is 2.44. The Labute approximate surface area is 141 Å². The van der Waals surface area contributed by atoms with E-state index in [4.69, 9.17) is 0 Å². The van der Waals surface area contributed by atoms with E-state index in [0.717, 1.165) is 18.6 Å². The van der Waals surface area contributed by atoms with Crippen LogP contribution in [-0.2, 0) is 14.4 Å². The first-order chi connectivity index (χ1) is 10.9. The molecule has 0 aliphatic carbocycles. The number of amides is 2. The van der Waals surface area contributed by atoms with Gasteiger partial charge in [0.1, 0.15) is 5.54 Å². The molecule has 130 valence electrons. The van der Waals surface area contributed by atoms with Crippen molar-refractivity contribution in [3.05, 3.63) is 0 Å². The molecule has 2 saturated heterocycles. The standard InChI is InChI=1S/C16H26N2O4S/c1-3-11(2)14(20)18-7-4-5-12(9-18)13(19)17-16(15(21)22)6-8-23-10-16/h11-12H,3-10H2,1-2H3,(H,17,19)(H,21,22). The van der Waals surface area contributed by atoms with Crippen molar-refractivity contribution in [1.82, 2.24) is 10.2 Å². The maximum atomic E-state index is 12.5. The smallest absolute Gasteiger partial charge is 0.330 e. The third-order valence-corrected chi connectivity index (χ3v) is 6.12. The molecule has 2 N–H and O–H groups in total. The van der Waals surface area contributed by atoms with Crippen LogP contribution in [0.2, 0.25) is 0 Å². The normalized spacial score (nSPS) is 29.1. The number of carbonyl (C=O) groups excluding carboxylic acids is 2. The van der Waals surface area contributed by atoms with Crippen LogP contribution in [0.15, 0.2) is 0 Å². The van der Waals surface area contributed by atoms with Crippen LogP contribution in [0.4, 0.5) is 0 Å². The predicted molar refractivity (Wildman–Crippen MR) is 89.2 cm³/mol. The van der Waals surface area contributed by atoms with Gasteiger partial charge in [-0.1, -0.05) is 13.8 Å². The Morgan fingerprint density at radius 1 is 1.43 bits per heavy atom. The number of piperidine rings is 1. The van der Waals surface area contributed by atoms with Gasteiger partial charge in [-0.2, -0.15) is 11.8 Å². The second-order valence-corrected chi connectivity index (χ2v) is 7.72. The quantitative estimate of drug-likeness (QED) is 0.787. The molecule has 3 unspecified atom stereocenters. The molecule has 0 aromatic rings. The summed E-state index contributed by atoms with van der Waals surface area (Å²) in [6.45, 7) is 4.97. The molecule has 0 aromatic carbocycles. The average Bonchev–Trinajstić information content (AvgIpc) is 3.03. The summed E-state index contributed by atoms with van der Waals surface area (Å²) in [5, 5.41) is 12.2. The number of carbonyl (C=O) groups is 3. The molecule has 0 bridgehead atoms. The largest absolute Gasteiger partial charge is 0.479 e. The predicted octanol–water partition coefficient (Wildman–Crippen LogP) is 1.35. The minimum Gasteiger partial charge on any atom is -0.479 e. The molecule has 6 nitrogen and oxygen atoms in total. The van der Waals surface area contributed by atoms with Crippen LogP contribution >= 0.6 is 11.8 Å². The molecule has 3 atom stereocenters. The van der Waals surface area contributed by atoms with Gasteiger partial charge in [-0.15, -0.1) is 0 Å². The molecule has 23 heavy (non-hydrogen) atoms. The van der Waals surface area contributed by atoms with Crippen molar-refractivity contribution in [2.24, 2.45) is 11.8 Å². The Morgan fingerprint density at radius 2 is 2.17 bits per heavy atom. The van der Waals surface area contributed by atoms with Crippen LogP contribution in [-0.4, -0.2) is 57.9 Å². The van der Waals surface area contributed by atoms with Crippen molar-refractivity contribution in [3.63, 3.8) is 0 Å². The van der Waals surface area contributed by atoms with Crippen LogP contribution in [0.1, 0.15) is 39.5 Å². The van der Waals surface area contributed by atoms with Gasteiger partial charge in [-0.05, 0) is 31.4 Å². The van der Waals surface area contributed by atoms with E-state index in [9.17, 15) is 19.5 Å². The van der Waals surface area contributed by atoms with Crippen LogP contribution in [0.25, 0.3) is 0 Å². The number of carboxylic acid groups (broad SMARTS) is 1. The molecule has 2 aliphatic heterocycles. The lowest BCUT2D eigenvalue weighted by Gasteiger charge is -2.35. The molecule has 2 heterocycles. The summed E-state index contributed by atoms with van der Waals surface area (Å²) < 4.78 is 0. The number of nitrogens with zero attached hydrogens (tertiary/aromatic N) is 1. The van der Waals surface area contributed by atoms with Crippen molar-refractivity contribution >= 4 is 29.5 Å². The molecule has 2 aliphatic rings. The van der Waals surface area contributed by atoms with Gasteiger partial charge in [0, 0.05) is 24.8 Å². The maximum absolute atomic E-state index is 12.5. The van der Waals surface area contributed by atoms with E-state index < -0.39 is 11.5 Å². The molecular formula is C16H26N2O4S. The lowest BCUT2D eigenvalue weighted by molar-refractivity contribution is -0.148. The summed E-state index contributed by atoms with van der Waals surface area (Å²) in [6, 6.07) is 0. The third kappa shape index (κ3) is 4.00. The molecule has 2 rings (SSSR count). The number of nitrogens with one attached hydrogen (secondary N) is 1. The third-order valence-electron chi connectivity index (χ3n) is 4.93. The van der Waals surface area contributed by atoms with Crippen molar-refractivity contribution in [2.45, 2.75) is 45.1 Å². The highest BCUT2D eigenvalue weighted by atomic mass is 32.2. The minimum absolute atomic E-state index is 0.0339. The maximum Gasteiger partial charge on any atom is 0.330 e. The van der Waals surface area contributed by atoms with E-state index in [2.05, 4.69) is 5.32 Å². The fourth-order valence-corrected chi connectivity index (χ4v) is 4.43. The number of carboxylic acids is 1. The molecule has 2 fully saturated rings. The Balaban J connectivity index is 1.99. The van der Waals surface area contributed by atoms with Gasteiger partial charge in [0.2, 0.25) is 11.8 Å². The van der Waals surface area contributed by atoms with E-state index >= 15 is 0 Å². The summed E-state index contributed by atoms with van der Waals surface area (Å²) in [7, 11) is 0. The fraction of sp³-hybridized carbons (Fsp3) is 0.812. The lowest BCUT2D eigenvalue weighted by atomic mass is 9.92. The highest BCUT2D eigenvalue weighted by molar-refractivity contribution is 7.99. The first-order valence-corrected chi connectivity index (χ1v) is 9.47. The second-order valence-electron chi connectivity index (χ2n) is 6.61. The Kier molecular flexibility index (Phi) is 5.95. The molecule has 7 heteroatoms. The summed E-state index contributed by atoms with van der Waals surface area (Å²) in [5.74, 6) is -0.274. The zero-order chi connectivity index (χ0) is 17.0. The zero-order valence-electron chi connectivity index (χ0n) is 13.8. The van der Waals surface area contributed by atoms with Crippen molar-refractivity contribution < 1.29 is 19.5 Å². The summed E-state index contributed by atoms with van der Waals surface area (Å²) >= 11 is 1.55. The van der Waals surface area contributed by atoms with Gasteiger partial charge >= 0.3 is 5.97 Å². The number of rotatable bonds is 5. The van der Waals surface area contributed by atoms with Gasteiger partial charge < -0.3 is 15.3 Å². The highest BCUT2D eigenvalue weighted by Crippen LogP contribution is 2.29. The second kappa shape index (κ2) is 7.55. The number of thioether (sulfide) groups is 1. The fourth-order valence-electron chi connectivity index (χ4n) is 3.10. The SMILES string of the molecule is CCC(C)C(=O)N1CCCC(C(=O)NC2(C(=O)O)CCSC2)C1. The Hall–Kier alpha value is -1.24. The van der Waals surface area contributed by atoms with Crippen molar-refractivity contribution in [1.29, 1.82) is 0 Å². The first-order valence-electron chi connectivity index (χ1n) is 8.31. The lowest BCUT2D eigenvalue weighted by Crippen LogP contribution is -2.58. The summed E-state index contributed by atoms with van der Waals surface area (Å²) in [5.41, 5.74) is -1.13. The van der Waals surface area contributed by atoms with Crippen molar-refractivity contribution in [2.75, 3.05) is 24.6 Å². The Bertz CT molecular complexity index is 477. The molecule has 2 amide bonds. The topological polar surface area (TPSA) is 86.7 Å². The van der Waals surface area contributed by atoms with E-state index in [1.54, 1.807) is 16.7 Å². The summed E-state index contributed by atoms with van der Waals surface area (Å²) in [6.07, 6.45) is 2.74. The number of hydrogen-bond acceptors (Lipinski definition) is 4. The minimum atomic E-state index is -1.13. The van der Waals surface area contributed by atoms with E-state index in [1.165, 1.54) is 0 Å². The van der Waals surface area contributed by atoms with Crippen LogP contribution < -0.4 is 5.32 Å². The number of likely N-dealkylation sites (tertiary alicyclic amines) is 1. The van der Waals surface area contributed by atoms with Gasteiger partial charge in [0.25, 0.3) is 0 Å². The molecular weight excluding hydrogens is 316 g/mol. The molecule has 0 spiro atoms. The van der Waals surface area contributed by atoms with Gasteiger partial charge in [-0.3, -0.25) is 9.59 Å². The molecule has 0 radical (unpaired) electrons.